The summed E-state index contributed by atoms with van der Waals surface area (Å²) in [6.45, 7) is 1.94. The summed E-state index contributed by atoms with van der Waals surface area (Å²) in [4.78, 5) is 26.6. The van der Waals surface area contributed by atoms with Crippen LogP contribution in [0.5, 0.6) is 0 Å². The van der Waals surface area contributed by atoms with Crippen LogP contribution in [-0.2, 0) is 20.4 Å². The Morgan fingerprint density at radius 3 is 2.69 bits per heavy atom. The molecule has 2 heterocycles. The Kier molecular flexibility index (Phi) is 9.18. The third-order valence-electron chi connectivity index (χ3n) is 5.09. The Morgan fingerprint density at radius 2 is 2.06 bits per heavy atom. The number of aromatic nitrogens is 2. The highest BCUT2D eigenvalue weighted by molar-refractivity contribution is 7.99. The van der Waals surface area contributed by atoms with E-state index in [1.807, 2.05) is 24.3 Å². The van der Waals surface area contributed by atoms with Gasteiger partial charge in [0.2, 0.25) is 0 Å². The standard InChI is InChI=1S/C23H23F3N2O5S2/c1-3-9-31-17-11-19(28-12-16(23(24,25)26)20(29)27-22(28)30)33-18(17)13-32-21(34)14-5-7-15(8-6-14)35-10-4-2/h1,5-8,12,17-19H,4,9-11,13H2,2H3,(H,27,29,30)/t17-,18+,19+/m0/s1. The molecule has 1 aliphatic rings. The molecule has 0 spiro atoms. The third-order valence-corrected chi connectivity index (χ3v) is 6.66. The number of thioether (sulfide) groups is 1. The summed E-state index contributed by atoms with van der Waals surface area (Å²) >= 11 is 7.08. The predicted molar refractivity (Wildman–Crippen MR) is 129 cm³/mol. The molecule has 1 aliphatic heterocycles. The van der Waals surface area contributed by atoms with Gasteiger partial charge in [0.1, 0.15) is 31.1 Å². The average Bonchev–Trinajstić information content (AvgIpc) is 3.21. The number of hydrogen-bond acceptors (Lipinski definition) is 7. The Balaban J connectivity index is 1.73. The van der Waals surface area contributed by atoms with Crippen LogP contribution in [0.1, 0.15) is 37.1 Å². The largest absolute Gasteiger partial charge is 0.480 e. The summed E-state index contributed by atoms with van der Waals surface area (Å²) in [5.74, 6) is 3.32. The van der Waals surface area contributed by atoms with E-state index in [4.69, 9.17) is 32.9 Å². The maximum absolute atomic E-state index is 13.2. The van der Waals surface area contributed by atoms with Crippen molar-refractivity contribution in [3.8, 4) is 12.3 Å². The maximum Gasteiger partial charge on any atom is 0.423 e. The van der Waals surface area contributed by atoms with Gasteiger partial charge < -0.3 is 14.2 Å². The number of halogens is 3. The van der Waals surface area contributed by atoms with E-state index in [1.165, 1.54) is 0 Å². The number of nitrogens with one attached hydrogen (secondary N) is 1. The Morgan fingerprint density at radius 1 is 1.34 bits per heavy atom. The van der Waals surface area contributed by atoms with Gasteiger partial charge in [0, 0.05) is 23.1 Å². The van der Waals surface area contributed by atoms with E-state index in [2.05, 4.69) is 12.8 Å². The molecule has 7 nitrogen and oxygen atoms in total. The second-order valence-electron chi connectivity index (χ2n) is 7.60. The van der Waals surface area contributed by atoms with Gasteiger partial charge >= 0.3 is 11.9 Å². The Hall–Kier alpha value is -2.59. The van der Waals surface area contributed by atoms with E-state index >= 15 is 0 Å². The van der Waals surface area contributed by atoms with Crippen LogP contribution >= 0.6 is 24.0 Å². The summed E-state index contributed by atoms with van der Waals surface area (Å²) in [5.41, 5.74) is -3.39. The monoisotopic (exact) mass is 528 g/mol. The Labute approximate surface area is 209 Å². The molecule has 0 saturated carbocycles. The molecule has 1 fully saturated rings. The van der Waals surface area contributed by atoms with Crippen LogP contribution in [0.2, 0.25) is 0 Å². The van der Waals surface area contributed by atoms with Crippen LogP contribution in [0, 0.1) is 12.3 Å². The number of terminal acetylenes is 1. The molecule has 0 radical (unpaired) electrons. The lowest BCUT2D eigenvalue weighted by Crippen LogP contribution is -2.36. The first-order valence-corrected chi connectivity index (χ1v) is 12.1. The normalized spacial score (nSPS) is 19.9. The summed E-state index contributed by atoms with van der Waals surface area (Å²) in [6, 6.07) is 7.55. The SMILES string of the molecule is C#CCO[C@H]1C[C@H](n2cc(C(F)(F)F)c(=O)[nH]c2=O)O[C@@H]1COC(=S)c1ccc(SCCC)cc1. The molecule has 1 N–H and O–H groups in total. The highest BCUT2D eigenvalue weighted by Crippen LogP contribution is 2.32. The fraction of sp³-hybridized carbons (Fsp3) is 0.435. The zero-order valence-corrected chi connectivity index (χ0v) is 20.3. The predicted octanol–water partition coefficient (Wildman–Crippen LogP) is 3.76. The van der Waals surface area contributed by atoms with Crippen molar-refractivity contribution in [3.63, 3.8) is 0 Å². The zero-order valence-electron chi connectivity index (χ0n) is 18.7. The molecule has 188 valence electrons. The van der Waals surface area contributed by atoms with Crippen molar-refractivity contribution in [2.45, 2.75) is 49.3 Å². The minimum atomic E-state index is -4.94. The minimum absolute atomic E-state index is 0.00899. The molecule has 12 heteroatoms. The lowest BCUT2D eigenvalue weighted by atomic mass is 10.2. The highest BCUT2D eigenvalue weighted by Gasteiger charge is 2.40. The van der Waals surface area contributed by atoms with Crippen LogP contribution in [0.15, 0.2) is 44.9 Å². The summed E-state index contributed by atoms with van der Waals surface area (Å²) < 4.78 is 57.2. The number of aromatic amines is 1. The number of benzene rings is 1. The number of thiocarbonyl (C=S) groups is 1. The van der Waals surface area contributed by atoms with Crippen molar-refractivity contribution in [2.24, 2.45) is 0 Å². The molecule has 1 saturated heterocycles. The maximum atomic E-state index is 13.2. The van der Waals surface area contributed by atoms with Crippen molar-refractivity contribution in [2.75, 3.05) is 19.0 Å². The number of alkyl halides is 3. The highest BCUT2D eigenvalue weighted by atomic mass is 32.2. The van der Waals surface area contributed by atoms with Gasteiger partial charge in [0.05, 0.1) is 6.10 Å². The second-order valence-corrected chi connectivity index (χ2v) is 9.14. The molecular weight excluding hydrogens is 505 g/mol. The van der Waals surface area contributed by atoms with Crippen molar-refractivity contribution >= 4 is 29.0 Å². The second kappa shape index (κ2) is 11.9. The van der Waals surface area contributed by atoms with Gasteiger partial charge in [0.15, 0.2) is 5.05 Å². The Bertz CT molecular complexity index is 1190. The molecule has 0 aliphatic carbocycles. The molecule has 2 aromatic rings. The lowest BCUT2D eigenvalue weighted by molar-refractivity contribution is -0.139. The van der Waals surface area contributed by atoms with E-state index < -0.39 is 41.4 Å². The minimum Gasteiger partial charge on any atom is -0.480 e. The third kappa shape index (κ3) is 6.98. The van der Waals surface area contributed by atoms with Crippen molar-refractivity contribution < 1.29 is 27.4 Å². The number of ether oxygens (including phenoxy) is 3. The first kappa shape index (κ1) is 27.0. The first-order chi connectivity index (χ1) is 16.6. The molecule has 0 unspecified atom stereocenters. The van der Waals surface area contributed by atoms with E-state index in [-0.39, 0.29) is 24.7 Å². The fourth-order valence-electron chi connectivity index (χ4n) is 3.40. The lowest BCUT2D eigenvalue weighted by Gasteiger charge is -2.19. The van der Waals surface area contributed by atoms with E-state index in [0.717, 1.165) is 17.1 Å². The summed E-state index contributed by atoms with van der Waals surface area (Å²) in [6.07, 6.45) is -0.778. The molecule has 1 aromatic carbocycles. The van der Waals surface area contributed by atoms with E-state index in [9.17, 15) is 22.8 Å². The van der Waals surface area contributed by atoms with Gasteiger partial charge in [-0.2, -0.15) is 13.2 Å². The molecule has 35 heavy (non-hydrogen) atoms. The van der Waals surface area contributed by atoms with Crippen LogP contribution in [0.25, 0.3) is 0 Å². The number of rotatable bonds is 9. The van der Waals surface area contributed by atoms with Gasteiger partial charge in [-0.15, -0.1) is 18.2 Å². The first-order valence-electron chi connectivity index (χ1n) is 10.7. The van der Waals surface area contributed by atoms with Crippen molar-refractivity contribution in [1.82, 2.24) is 9.55 Å². The quantitative estimate of drug-likeness (QED) is 0.302. The fourth-order valence-corrected chi connectivity index (χ4v) is 4.37. The van der Waals surface area contributed by atoms with Gasteiger partial charge in [-0.1, -0.05) is 12.8 Å². The topological polar surface area (TPSA) is 82.6 Å². The molecule has 1 aromatic heterocycles. The summed E-state index contributed by atoms with van der Waals surface area (Å²) in [7, 11) is 0. The van der Waals surface area contributed by atoms with Gasteiger partial charge in [-0.3, -0.25) is 14.3 Å². The summed E-state index contributed by atoms with van der Waals surface area (Å²) in [5, 5.41) is 0.209. The van der Waals surface area contributed by atoms with Gasteiger partial charge in [-0.25, -0.2) is 4.79 Å². The van der Waals surface area contributed by atoms with E-state index in [1.54, 1.807) is 16.7 Å². The van der Waals surface area contributed by atoms with Crippen LogP contribution in [-0.4, -0.2) is 45.8 Å². The van der Waals surface area contributed by atoms with Crippen molar-refractivity contribution in [1.29, 1.82) is 0 Å². The molecule has 0 bridgehead atoms. The number of nitrogens with zero attached hydrogens (tertiary/aromatic N) is 1. The van der Waals surface area contributed by atoms with E-state index in [0.29, 0.717) is 16.3 Å². The molecular formula is C23H23F3N2O5S2. The van der Waals surface area contributed by atoms with Crippen LogP contribution in [0.4, 0.5) is 13.2 Å². The van der Waals surface area contributed by atoms with Crippen molar-refractivity contribution in [3.05, 3.63) is 62.4 Å². The van der Waals surface area contributed by atoms with Crippen LogP contribution < -0.4 is 11.2 Å². The number of H-pyrrole nitrogens is 1. The molecule has 0 amide bonds. The molecule has 3 rings (SSSR count). The average molecular weight is 529 g/mol. The van der Waals surface area contributed by atoms with Gasteiger partial charge in [0.25, 0.3) is 5.56 Å². The van der Waals surface area contributed by atoms with Gasteiger partial charge in [-0.05, 0) is 48.7 Å². The number of hydrogen-bond donors (Lipinski definition) is 1. The van der Waals surface area contributed by atoms with Crippen LogP contribution in [0.3, 0.4) is 0 Å². The smallest absolute Gasteiger partial charge is 0.423 e. The zero-order chi connectivity index (χ0) is 25.6. The molecule has 3 atom stereocenters.